The SMILES string of the molecule is CC1(C(=O)N2CCCCCC2)CCNC1.Cl. The van der Waals surface area contributed by atoms with Crippen LogP contribution in [0.3, 0.4) is 0 Å². The van der Waals surface area contributed by atoms with Gasteiger partial charge in [0.2, 0.25) is 5.91 Å². The normalized spacial score (nSPS) is 30.7. The van der Waals surface area contributed by atoms with Crippen LogP contribution in [0.25, 0.3) is 0 Å². The first-order chi connectivity index (χ1) is 7.22. The molecule has 4 heteroatoms. The van der Waals surface area contributed by atoms with E-state index in [0.717, 1.165) is 32.6 Å². The molecule has 2 heterocycles. The first-order valence-electron chi connectivity index (χ1n) is 6.22. The van der Waals surface area contributed by atoms with E-state index >= 15 is 0 Å². The molecule has 0 spiro atoms. The second kappa shape index (κ2) is 5.87. The highest BCUT2D eigenvalue weighted by atomic mass is 35.5. The maximum Gasteiger partial charge on any atom is 0.229 e. The highest BCUT2D eigenvalue weighted by molar-refractivity contribution is 5.85. The number of carbonyl (C=O) groups is 1. The third kappa shape index (κ3) is 2.89. The summed E-state index contributed by atoms with van der Waals surface area (Å²) < 4.78 is 0. The number of hydrogen-bond acceptors (Lipinski definition) is 2. The molecule has 2 aliphatic rings. The van der Waals surface area contributed by atoms with Gasteiger partial charge in [0.05, 0.1) is 5.41 Å². The average molecular weight is 247 g/mol. The monoisotopic (exact) mass is 246 g/mol. The van der Waals surface area contributed by atoms with E-state index in [1.165, 1.54) is 25.7 Å². The predicted octanol–water partition coefficient (Wildman–Crippen LogP) is 1.81. The molecular formula is C12H23ClN2O. The van der Waals surface area contributed by atoms with Crippen molar-refractivity contribution in [3.05, 3.63) is 0 Å². The summed E-state index contributed by atoms with van der Waals surface area (Å²) in [6.07, 6.45) is 5.96. The number of halogens is 1. The zero-order valence-corrected chi connectivity index (χ0v) is 10.9. The van der Waals surface area contributed by atoms with Crippen molar-refractivity contribution in [2.24, 2.45) is 5.41 Å². The maximum atomic E-state index is 12.4. The van der Waals surface area contributed by atoms with Gasteiger partial charge in [0, 0.05) is 19.6 Å². The predicted molar refractivity (Wildman–Crippen MR) is 67.9 cm³/mol. The lowest BCUT2D eigenvalue weighted by Crippen LogP contribution is -2.44. The van der Waals surface area contributed by atoms with Gasteiger partial charge in [-0.3, -0.25) is 4.79 Å². The van der Waals surface area contributed by atoms with Crippen LogP contribution in [0.1, 0.15) is 39.0 Å². The van der Waals surface area contributed by atoms with Gasteiger partial charge < -0.3 is 10.2 Å². The Kier molecular flexibility index (Phi) is 5.06. The minimum atomic E-state index is -0.121. The van der Waals surface area contributed by atoms with Gasteiger partial charge in [0.25, 0.3) is 0 Å². The molecule has 2 fully saturated rings. The fourth-order valence-electron chi connectivity index (χ4n) is 2.65. The Morgan fingerprint density at radius 2 is 1.81 bits per heavy atom. The number of carbonyl (C=O) groups excluding carboxylic acids is 1. The van der Waals surface area contributed by atoms with E-state index in [1.807, 2.05) is 0 Å². The summed E-state index contributed by atoms with van der Waals surface area (Å²) >= 11 is 0. The standard InChI is InChI=1S/C12H22N2O.ClH/c1-12(6-7-13-10-12)11(15)14-8-4-2-3-5-9-14;/h13H,2-10H2,1H3;1H. The van der Waals surface area contributed by atoms with Crippen molar-refractivity contribution >= 4 is 18.3 Å². The molecule has 0 aliphatic carbocycles. The average Bonchev–Trinajstić information content (AvgIpc) is 2.54. The molecule has 1 atom stereocenters. The topological polar surface area (TPSA) is 32.3 Å². The quantitative estimate of drug-likeness (QED) is 0.766. The second-order valence-electron chi connectivity index (χ2n) is 5.19. The van der Waals surface area contributed by atoms with Crippen LogP contribution in [0.4, 0.5) is 0 Å². The lowest BCUT2D eigenvalue weighted by atomic mass is 9.88. The van der Waals surface area contributed by atoms with Crippen molar-refractivity contribution in [1.82, 2.24) is 10.2 Å². The van der Waals surface area contributed by atoms with Crippen molar-refractivity contribution in [2.45, 2.75) is 39.0 Å². The third-order valence-electron chi connectivity index (χ3n) is 3.78. The van der Waals surface area contributed by atoms with Gasteiger partial charge in [-0.05, 0) is 32.7 Å². The molecule has 94 valence electrons. The van der Waals surface area contributed by atoms with E-state index < -0.39 is 0 Å². The van der Waals surface area contributed by atoms with Crippen molar-refractivity contribution < 1.29 is 4.79 Å². The van der Waals surface area contributed by atoms with Gasteiger partial charge in [0.15, 0.2) is 0 Å². The Balaban J connectivity index is 0.00000128. The van der Waals surface area contributed by atoms with Crippen molar-refractivity contribution in [1.29, 1.82) is 0 Å². The van der Waals surface area contributed by atoms with Crippen LogP contribution in [-0.2, 0) is 4.79 Å². The number of amides is 1. The molecule has 1 N–H and O–H groups in total. The van der Waals surface area contributed by atoms with Gasteiger partial charge in [-0.25, -0.2) is 0 Å². The number of rotatable bonds is 1. The summed E-state index contributed by atoms with van der Waals surface area (Å²) in [5.74, 6) is 0.384. The number of hydrogen-bond donors (Lipinski definition) is 1. The summed E-state index contributed by atoms with van der Waals surface area (Å²) in [5.41, 5.74) is -0.121. The summed E-state index contributed by atoms with van der Waals surface area (Å²) in [6, 6.07) is 0. The molecule has 0 aromatic carbocycles. The van der Waals surface area contributed by atoms with Gasteiger partial charge >= 0.3 is 0 Å². The molecule has 3 nitrogen and oxygen atoms in total. The fourth-order valence-corrected chi connectivity index (χ4v) is 2.65. The molecule has 0 aromatic rings. The Labute approximate surface area is 104 Å². The zero-order chi connectivity index (χ0) is 10.7. The van der Waals surface area contributed by atoms with Gasteiger partial charge in [-0.2, -0.15) is 0 Å². The maximum absolute atomic E-state index is 12.4. The van der Waals surface area contributed by atoms with Crippen LogP contribution in [-0.4, -0.2) is 37.0 Å². The van der Waals surface area contributed by atoms with E-state index in [4.69, 9.17) is 0 Å². The summed E-state index contributed by atoms with van der Waals surface area (Å²) in [6.45, 7) is 5.93. The summed E-state index contributed by atoms with van der Waals surface area (Å²) in [7, 11) is 0. The first kappa shape index (κ1) is 13.8. The summed E-state index contributed by atoms with van der Waals surface area (Å²) in [5, 5.41) is 3.30. The van der Waals surface area contributed by atoms with Crippen molar-refractivity contribution in [2.75, 3.05) is 26.2 Å². The Morgan fingerprint density at radius 1 is 1.19 bits per heavy atom. The smallest absolute Gasteiger partial charge is 0.229 e. The minimum absolute atomic E-state index is 0. The number of likely N-dealkylation sites (tertiary alicyclic amines) is 1. The molecule has 0 aromatic heterocycles. The highest BCUT2D eigenvalue weighted by Crippen LogP contribution is 2.28. The lowest BCUT2D eigenvalue weighted by Gasteiger charge is -2.30. The van der Waals surface area contributed by atoms with Gasteiger partial charge in [0.1, 0.15) is 0 Å². The van der Waals surface area contributed by atoms with Gasteiger partial charge in [-0.15, -0.1) is 12.4 Å². The summed E-state index contributed by atoms with van der Waals surface area (Å²) in [4.78, 5) is 14.5. The van der Waals surface area contributed by atoms with E-state index in [-0.39, 0.29) is 17.8 Å². The van der Waals surface area contributed by atoms with E-state index in [1.54, 1.807) is 0 Å². The Hall–Kier alpha value is -0.280. The molecule has 0 radical (unpaired) electrons. The van der Waals surface area contributed by atoms with Crippen LogP contribution in [0.5, 0.6) is 0 Å². The van der Waals surface area contributed by atoms with Crippen LogP contribution in [0, 0.1) is 5.41 Å². The molecule has 16 heavy (non-hydrogen) atoms. The molecule has 0 saturated carbocycles. The lowest BCUT2D eigenvalue weighted by molar-refractivity contribution is -0.140. The van der Waals surface area contributed by atoms with E-state index in [2.05, 4.69) is 17.1 Å². The second-order valence-corrected chi connectivity index (χ2v) is 5.19. The first-order valence-corrected chi connectivity index (χ1v) is 6.22. The fraction of sp³-hybridized carbons (Fsp3) is 0.917. The third-order valence-corrected chi connectivity index (χ3v) is 3.78. The van der Waals surface area contributed by atoms with Crippen LogP contribution in [0.2, 0.25) is 0 Å². The van der Waals surface area contributed by atoms with E-state index in [0.29, 0.717) is 5.91 Å². The zero-order valence-electron chi connectivity index (χ0n) is 10.1. The highest BCUT2D eigenvalue weighted by Gasteiger charge is 2.39. The molecule has 1 amide bonds. The van der Waals surface area contributed by atoms with E-state index in [9.17, 15) is 4.79 Å². The molecule has 0 bridgehead atoms. The van der Waals surface area contributed by atoms with Crippen LogP contribution < -0.4 is 5.32 Å². The van der Waals surface area contributed by atoms with Crippen LogP contribution >= 0.6 is 12.4 Å². The number of nitrogens with zero attached hydrogens (tertiary/aromatic N) is 1. The Bertz CT molecular complexity index is 231. The van der Waals surface area contributed by atoms with Crippen LogP contribution in [0.15, 0.2) is 0 Å². The molecule has 2 aliphatic heterocycles. The molecule has 2 rings (SSSR count). The minimum Gasteiger partial charge on any atom is -0.342 e. The Morgan fingerprint density at radius 3 is 2.31 bits per heavy atom. The van der Waals surface area contributed by atoms with Crippen molar-refractivity contribution in [3.63, 3.8) is 0 Å². The number of nitrogens with one attached hydrogen (secondary N) is 1. The largest absolute Gasteiger partial charge is 0.342 e. The molecular weight excluding hydrogens is 224 g/mol. The molecule has 1 unspecified atom stereocenters. The van der Waals surface area contributed by atoms with Crippen molar-refractivity contribution in [3.8, 4) is 0 Å². The molecule has 2 saturated heterocycles. The van der Waals surface area contributed by atoms with Gasteiger partial charge in [-0.1, -0.05) is 12.8 Å².